The molecule has 1 spiro atoms. The molecule has 5 atom stereocenters. The van der Waals surface area contributed by atoms with Gasteiger partial charge in [0.1, 0.15) is 5.78 Å². The molecule has 0 heterocycles. The summed E-state index contributed by atoms with van der Waals surface area (Å²) in [5.41, 5.74) is 2.40. The number of aliphatic hydroxyl groups is 1. The molecule has 0 aliphatic heterocycles. The molecule has 4 rings (SSSR count). The van der Waals surface area contributed by atoms with Crippen LogP contribution in [0.5, 0.6) is 0 Å². The molecule has 0 aromatic heterocycles. The van der Waals surface area contributed by atoms with E-state index in [-0.39, 0.29) is 17.3 Å². The lowest BCUT2D eigenvalue weighted by Crippen LogP contribution is -2.79. The highest BCUT2D eigenvalue weighted by Crippen LogP contribution is 2.75. The summed E-state index contributed by atoms with van der Waals surface area (Å²) in [6.45, 7) is 8.55. The van der Waals surface area contributed by atoms with E-state index in [1.54, 1.807) is 0 Å². The topological polar surface area (TPSA) is 37.3 Å². The third kappa shape index (κ3) is 1.53. The van der Waals surface area contributed by atoms with Gasteiger partial charge >= 0.3 is 0 Å². The lowest BCUT2D eigenvalue weighted by atomic mass is 9.32. The van der Waals surface area contributed by atoms with Gasteiger partial charge in [0.15, 0.2) is 0 Å². The summed E-state index contributed by atoms with van der Waals surface area (Å²) in [5.74, 6) is 0.377. The summed E-state index contributed by atoms with van der Waals surface area (Å²) in [7, 11) is 0. The van der Waals surface area contributed by atoms with Crippen molar-refractivity contribution in [2.45, 2.75) is 75.7 Å². The zero-order valence-corrected chi connectivity index (χ0v) is 16.0. The average molecular weight is 345 g/mol. The summed E-state index contributed by atoms with van der Waals surface area (Å²) >= 11 is 4.65. The van der Waals surface area contributed by atoms with Crippen LogP contribution in [0.3, 0.4) is 0 Å². The van der Waals surface area contributed by atoms with Crippen LogP contribution in [0.1, 0.15) is 63.1 Å². The van der Waals surface area contributed by atoms with Crippen LogP contribution in [0.2, 0.25) is 0 Å². The second-order valence-electron chi connectivity index (χ2n) is 8.59. The highest BCUT2D eigenvalue weighted by molar-refractivity contribution is 7.80. The number of Topliss-reactive ketones (excluding diaryl/α,β-unsaturated/α-hetero) is 1. The number of carbonyl (C=O) groups is 1. The minimum absolute atomic E-state index is 0.108. The fraction of sp³-hybridized carbons (Fsp3) is 0.667. The molecule has 0 amide bonds. The van der Waals surface area contributed by atoms with Crippen LogP contribution in [-0.4, -0.2) is 16.5 Å². The van der Waals surface area contributed by atoms with Crippen molar-refractivity contribution >= 4 is 18.4 Å². The highest BCUT2D eigenvalue weighted by Gasteiger charge is 2.79. The van der Waals surface area contributed by atoms with Crippen LogP contribution in [0.15, 0.2) is 17.0 Å². The van der Waals surface area contributed by atoms with Crippen LogP contribution >= 0.6 is 12.6 Å². The SMILES string of the molecule is CCC12CCC(=O)C(C)C3(C1)c1c(ccc(S)c1C)CC(C)C23O. The van der Waals surface area contributed by atoms with E-state index in [9.17, 15) is 9.90 Å². The minimum atomic E-state index is -0.778. The van der Waals surface area contributed by atoms with E-state index in [0.717, 1.165) is 36.1 Å². The fourth-order valence-corrected chi connectivity index (χ4v) is 7.03. The molecule has 5 unspecified atom stereocenters. The van der Waals surface area contributed by atoms with Gasteiger partial charge in [-0.05, 0) is 61.3 Å². The zero-order valence-electron chi connectivity index (χ0n) is 15.1. The van der Waals surface area contributed by atoms with Crippen molar-refractivity contribution in [1.29, 1.82) is 0 Å². The minimum Gasteiger partial charge on any atom is -0.388 e. The molecule has 2 nitrogen and oxygen atoms in total. The van der Waals surface area contributed by atoms with Gasteiger partial charge < -0.3 is 5.11 Å². The maximum absolute atomic E-state index is 12.9. The quantitative estimate of drug-likeness (QED) is 0.748. The molecule has 2 bridgehead atoms. The first-order valence-electron chi connectivity index (χ1n) is 9.32. The van der Waals surface area contributed by atoms with E-state index in [0.29, 0.717) is 12.2 Å². The number of benzene rings is 1. The van der Waals surface area contributed by atoms with Gasteiger partial charge in [-0.25, -0.2) is 0 Å². The summed E-state index contributed by atoms with van der Waals surface area (Å²) in [6, 6.07) is 4.24. The van der Waals surface area contributed by atoms with Crippen molar-refractivity contribution in [1.82, 2.24) is 0 Å². The Kier molecular flexibility index (Phi) is 3.39. The van der Waals surface area contributed by atoms with Crippen molar-refractivity contribution in [3.8, 4) is 0 Å². The number of thiol groups is 1. The Balaban J connectivity index is 2.07. The Morgan fingerprint density at radius 2 is 2.04 bits per heavy atom. The largest absolute Gasteiger partial charge is 0.388 e. The monoisotopic (exact) mass is 344 g/mol. The summed E-state index contributed by atoms with van der Waals surface area (Å²) < 4.78 is 0. The first kappa shape index (κ1) is 16.7. The predicted octanol–water partition coefficient (Wildman–Crippen LogP) is 4.24. The Labute approximate surface area is 150 Å². The van der Waals surface area contributed by atoms with Gasteiger partial charge in [0.05, 0.1) is 5.60 Å². The molecule has 3 heteroatoms. The van der Waals surface area contributed by atoms with Gasteiger partial charge in [-0.15, -0.1) is 12.6 Å². The van der Waals surface area contributed by atoms with Gasteiger partial charge in [-0.3, -0.25) is 4.79 Å². The van der Waals surface area contributed by atoms with E-state index in [1.165, 1.54) is 11.1 Å². The van der Waals surface area contributed by atoms with Crippen LogP contribution in [0.25, 0.3) is 0 Å². The van der Waals surface area contributed by atoms with Gasteiger partial charge in [0, 0.05) is 28.1 Å². The van der Waals surface area contributed by atoms with E-state index in [2.05, 4.69) is 52.5 Å². The Hall–Kier alpha value is -0.800. The number of fused-ring (bicyclic) bond motifs is 3. The highest BCUT2D eigenvalue weighted by atomic mass is 32.1. The van der Waals surface area contributed by atoms with Gasteiger partial charge in [0.2, 0.25) is 0 Å². The van der Waals surface area contributed by atoms with Crippen molar-refractivity contribution in [2.75, 3.05) is 0 Å². The summed E-state index contributed by atoms with van der Waals surface area (Å²) in [6.07, 6.45) is 4.23. The second kappa shape index (κ2) is 4.88. The molecule has 130 valence electrons. The molecule has 0 saturated heterocycles. The predicted molar refractivity (Wildman–Crippen MR) is 98.7 cm³/mol. The molecule has 2 fully saturated rings. The van der Waals surface area contributed by atoms with Crippen molar-refractivity contribution in [2.24, 2.45) is 17.3 Å². The molecule has 0 radical (unpaired) electrons. The summed E-state index contributed by atoms with van der Waals surface area (Å²) in [4.78, 5) is 13.9. The van der Waals surface area contributed by atoms with Gasteiger partial charge in [-0.1, -0.05) is 26.8 Å². The second-order valence-corrected chi connectivity index (χ2v) is 9.07. The molecule has 3 aliphatic carbocycles. The number of ketones is 1. The van der Waals surface area contributed by atoms with Crippen LogP contribution < -0.4 is 0 Å². The smallest absolute Gasteiger partial charge is 0.136 e. The molecule has 1 aromatic carbocycles. The third-order valence-electron chi connectivity index (χ3n) is 8.06. The fourth-order valence-electron chi connectivity index (χ4n) is 6.84. The molecule has 1 aromatic rings. The number of carbonyl (C=O) groups excluding carboxylic acids is 1. The van der Waals surface area contributed by atoms with E-state index in [1.807, 2.05) is 0 Å². The molecular weight excluding hydrogens is 316 g/mol. The van der Waals surface area contributed by atoms with Crippen molar-refractivity contribution in [3.05, 3.63) is 28.8 Å². The standard InChI is InChI=1S/C21H28O2S/c1-5-19-9-8-16(22)14(4)20(11-19)18-13(3)17(24)7-6-15(18)10-12(2)21(19,20)23/h6-7,12,14,23-24H,5,8-11H2,1-4H3. The zero-order chi connectivity index (χ0) is 17.5. The van der Waals surface area contributed by atoms with E-state index < -0.39 is 11.0 Å². The number of rotatable bonds is 1. The van der Waals surface area contributed by atoms with E-state index >= 15 is 0 Å². The van der Waals surface area contributed by atoms with Crippen molar-refractivity contribution < 1.29 is 9.90 Å². The Bertz CT molecular complexity index is 742. The maximum Gasteiger partial charge on any atom is 0.136 e. The van der Waals surface area contributed by atoms with Crippen molar-refractivity contribution in [3.63, 3.8) is 0 Å². The maximum atomic E-state index is 12.9. The third-order valence-corrected chi connectivity index (χ3v) is 8.55. The van der Waals surface area contributed by atoms with Gasteiger partial charge in [-0.2, -0.15) is 0 Å². The molecule has 3 aliphatic rings. The number of hydrogen-bond donors (Lipinski definition) is 2. The molecule has 2 saturated carbocycles. The Morgan fingerprint density at radius 1 is 1.33 bits per heavy atom. The number of hydrogen-bond acceptors (Lipinski definition) is 3. The lowest BCUT2D eigenvalue weighted by molar-refractivity contribution is -0.278. The van der Waals surface area contributed by atoms with Crippen LogP contribution in [0.4, 0.5) is 0 Å². The molecule has 1 N–H and O–H groups in total. The van der Waals surface area contributed by atoms with E-state index in [4.69, 9.17) is 0 Å². The molecular formula is C21H28O2S. The molecule has 24 heavy (non-hydrogen) atoms. The van der Waals surface area contributed by atoms with Gasteiger partial charge in [0.25, 0.3) is 0 Å². The first-order chi connectivity index (χ1) is 11.2. The van der Waals surface area contributed by atoms with Crippen LogP contribution in [0, 0.1) is 24.2 Å². The first-order valence-corrected chi connectivity index (χ1v) is 9.77. The van der Waals surface area contributed by atoms with Crippen LogP contribution in [-0.2, 0) is 16.6 Å². The average Bonchev–Trinajstić information content (AvgIpc) is 2.71. The Morgan fingerprint density at radius 3 is 2.71 bits per heavy atom. The lowest BCUT2D eigenvalue weighted by Gasteiger charge is -2.74. The summed E-state index contributed by atoms with van der Waals surface area (Å²) in [5, 5.41) is 12.2. The normalized spacial score (nSPS) is 43.5.